The van der Waals surface area contributed by atoms with Crippen molar-refractivity contribution >= 4 is 37.3 Å². The van der Waals surface area contributed by atoms with Gasteiger partial charge in [-0.05, 0) is 29.8 Å². The van der Waals surface area contributed by atoms with Gasteiger partial charge in [0, 0.05) is 13.6 Å². The summed E-state index contributed by atoms with van der Waals surface area (Å²) in [7, 11) is -2.16. The lowest BCUT2D eigenvalue weighted by Gasteiger charge is -2.16. The van der Waals surface area contributed by atoms with E-state index in [2.05, 4.69) is 20.9 Å². The second-order valence-corrected chi connectivity index (χ2v) is 8.01. The van der Waals surface area contributed by atoms with Gasteiger partial charge in [0.25, 0.3) is 10.0 Å². The Balaban J connectivity index is 3.02. The van der Waals surface area contributed by atoms with Crippen LogP contribution in [0.1, 0.15) is 12.6 Å². The van der Waals surface area contributed by atoms with Gasteiger partial charge in [0.2, 0.25) is 4.34 Å². The predicted molar refractivity (Wildman–Crippen MR) is 66.0 cm³/mol. The topological polar surface area (TPSA) is 70.5 Å². The average Bonchev–Trinajstić information content (AvgIpc) is 2.46. The molecule has 16 heavy (non-hydrogen) atoms. The van der Waals surface area contributed by atoms with Gasteiger partial charge in [0.05, 0.1) is 15.6 Å². The number of aryl methyl sites for hydroxylation is 1. The fraction of sp³-hybridized carbons (Fsp3) is 0.625. The zero-order chi connectivity index (χ0) is 12.5. The third kappa shape index (κ3) is 3.01. The van der Waals surface area contributed by atoms with Crippen LogP contribution in [-0.4, -0.2) is 42.5 Å². The molecule has 0 amide bonds. The van der Waals surface area contributed by atoms with Gasteiger partial charge in [-0.3, -0.25) is 0 Å². The minimum atomic E-state index is -3.58. The largest absolute Gasteiger partial charge is 0.392 e. The third-order valence-electron chi connectivity index (χ3n) is 1.87. The lowest BCUT2D eigenvalue weighted by Crippen LogP contribution is -2.33. The van der Waals surface area contributed by atoms with Crippen molar-refractivity contribution in [2.45, 2.75) is 24.3 Å². The van der Waals surface area contributed by atoms with Crippen LogP contribution in [0.15, 0.2) is 8.13 Å². The van der Waals surface area contributed by atoms with E-state index in [1.807, 2.05) is 0 Å². The van der Waals surface area contributed by atoms with E-state index in [1.165, 1.54) is 14.0 Å². The Morgan fingerprint density at radius 2 is 2.19 bits per heavy atom. The van der Waals surface area contributed by atoms with Crippen molar-refractivity contribution in [3.8, 4) is 0 Å². The van der Waals surface area contributed by atoms with Crippen LogP contribution < -0.4 is 0 Å². The maximum Gasteiger partial charge on any atom is 0.270 e. The molecule has 8 heteroatoms. The molecule has 0 saturated heterocycles. The molecule has 0 bridgehead atoms. The van der Waals surface area contributed by atoms with Crippen molar-refractivity contribution in [1.82, 2.24) is 9.29 Å². The van der Waals surface area contributed by atoms with Gasteiger partial charge in [0.15, 0.2) is 0 Å². The van der Waals surface area contributed by atoms with Crippen LogP contribution in [0.25, 0.3) is 0 Å². The maximum atomic E-state index is 12.0. The lowest BCUT2D eigenvalue weighted by atomic mass is 10.4. The highest BCUT2D eigenvalue weighted by Gasteiger charge is 2.26. The first-order valence-electron chi connectivity index (χ1n) is 4.52. The van der Waals surface area contributed by atoms with Crippen LogP contribution in [-0.2, 0) is 10.0 Å². The Hall–Kier alpha value is -0.0200. The fourth-order valence-corrected chi connectivity index (χ4v) is 4.45. The maximum absolute atomic E-state index is 12.0. The van der Waals surface area contributed by atoms with Gasteiger partial charge in [-0.2, -0.15) is 4.31 Å². The van der Waals surface area contributed by atoms with Gasteiger partial charge in [-0.25, -0.2) is 13.4 Å². The summed E-state index contributed by atoms with van der Waals surface area (Å²) in [5.41, 5.74) is 0.647. The Bertz CT molecular complexity index is 450. The smallest absolute Gasteiger partial charge is 0.270 e. The predicted octanol–water partition coefficient (Wildman–Crippen LogP) is 1.22. The number of halogens is 1. The van der Waals surface area contributed by atoms with Crippen molar-refractivity contribution in [3.05, 3.63) is 9.48 Å². The van der Waals surface area contributed by atoms with Crippen LogP contribution >= 0.6 is 27.3 Å². The molecule has 0 aliphatic carbocycles. The number of sulfonamides is 1. The molecule has 92 valence electrons. The lowest BCUT2D eigenvalue weighted by molar-refractivity contribution is 0.171. The van der Waals surface area contributed by atoms with Crippen LogP contribution in [0.4, 0.5) is 0 Å². The monoisotopic (exact) mass is 328 g/mol. The van der Waals surface area contributed by atoms with Crippen LogP contribution in [0, 0.1) is 6.92 Å². The molecule has 1 aromatic rings. The summed E-state index contributed by atoms with van der Waals surface area (Å²) in [5.74, 6) is 0. The molecule has 1 aromatic heterocycles. The summed E-state index contributed by atoms with van der Waals surface area (Å²) in [5, 5.41) is 9.16. The highest BCUT2D eigenvalue weighted by atomic mass is 79.9. The Morgan fingerprint density at radius 3 is 2.56 bits per heavy atom. The zero-order valence-corrected chi connectivity index (χ0v) is 12.4. The van der Waals surface area contributed by atoms with Gasteiger partial charge in [-0.1, -0.05) is 11.3 Å². The Kier molecular flexibility index (Phi) is 4.47. The third-order valence-corrected chi connectivity index (χ3v) is 6.06. The van der Waals surface area contributed by atoms with E-state index in [0.717, 1.165) is 15.6 Å². The van der Waals surface area contributed by atoms with Gasteiger partial charge >= 0.3 is 0 Å². The first kappa shape index (κ1) is 14.0. The number of thiazole rings is 1. The molecule has 1 N–H and O–H groups in total. The van der Waals surface area contributed by atoms with Crippen molar-refractivity contribution in [1.29, 1.82) is 0 Å². The molecule has 0 fully saturated rings. The van der Waals surface area contributed by atoms with E-state index >= 15 is 0 Å². The van der Waals surface area contributed by atoms with Gasteiger partial charge < -0.3 is 5.11 Å². The normalized spacial score (nSPS) is 14.4. The Labute approximate surface area is 107 Å². The summed E-state index contributed by atoms with van der Waals surface area (Å²) in [6.07, 6.45) is -0.704. The quantitative estimate of drug-likeness (QED) is 0.902. The summed E-state index contributed by atoms with van der Waals surface area (Å²) >= 11 is 4.30. The molecule has 0 unspecified atom stereocenters. The standard InChI is InChI=1S/C8H13BrN2O3S2/c1-5(12)4-11(3)16(13,14)8-10-6(2)7(9)15-8/h5,12H,4H2,1-3H3/t5-/m1/s1. The molecule has 0 aromatic carbocycles. The van der Waals surface area contributed by atoms with E-state index in [1.54, 1.807) is 6.92 Å². The highest BCUT2D eigenvalue weighted by Crippen LogP contribution is 2.28. The number of aromatic nitrogens is 1. The average molecular weight is 329 g/mol. The first-order valence-corrected chi connectivity index (χ1v) is 7.57. The van der Waals surface area contributed by atoms with Crippen LogP contribution in [0.3, 0.4) is 0 Å². The number of nitrogens with zero attached hydrogens (tertiary/aromatic N) is 2. The van der Waals surface area contributed by atoms with Crippen molar-refractivity contribution in [2.75, 3.05) is 13.6 Å². The number of likely N-dealkylation sites (N-methyl/N-ethyl adjacent to an activating group) is 1. The zero-order valence-electron chi connectivity index (χ0n) is 9.14. The molecule has 1 heterocycles. The molecule has 1 atom stereocenters. The molecule has 0 aliphatic heterocycles. The summed E-state index contributed by atoms with van der Waals surface area (Å²) in [6, 6.07) is 0. The fourth-order valence-electron chi connectivity index (χ4n) is 1.07. The van der Waals surface area contributed by atoms with Crippen molar-refractivity contribution in [3.63, 3.8) is 0 Å². The van der Waals surface area contributed by atoms with Crippen molar-refractivity contribution < 1.29 is 13.5 Å². The van der Waals surface area contributed by atoms with Crippen molar-refractivity contribution in [2.24, 2.45) is 0 Å². The number of rotatable bonds is 4. The first-order chi connectivity index (χ1) is 7.25. The molecule has 0 aliphatic rings. The SMILES string of the molecule is Cc1nc(S(=O)(=O)N(C)C[C@@H](C)O)sc1Br. The summed E-state index contributed by atoms with van der Waals surface area (Å²) in [6.45, 7) is 3.32. The number of aliphatic hydroxyl groups is 1. The molecular weight excluding hydrogens is 316 g/mol. The van der Waals surface area contributed by atoms with Gasteiger partial charge in [0.1, 0.15) is 0 Å². The molecule has 0 spiro atoms. The molecular formula is C8H13BrN2O3S2. The van der Waals surface area contributed by atoms with E-state index in [4.69, 9.17) is 5.11 Å². The summed E-state index contributed by atoms with van der Waals surface area (Å²) in [4.78, 5) is 3.97. The number of aliphatic hydroxyl groups excluding tert-OH is 1. The second kappa shape index (κ2) is 5.09. The van der Waals surface area contributed by atoms with Crippen LogP contribution in [0.2, 0.25) is 0 Å². The van der Waals surface area contributed by atoms with E-state index in [-0.39, 0.29) is 10.9 Å². The summed E-state index contributed by atoms with van der Waals surface area (Å²) < 4.78 is 25.8. The van der Waals surface area contributed by atoms with Crippen LogP contribution in [0.5, 0.6) is 0 Å². The molecule has 0 radical (unpaired) electrons. The van der Waals surface area contributed by atoms with E-state index in [9.17, 15) is 8.42 Å². The minimum Gasteiger partial charge on any atom is -0.392 e. The van der Waals surface area contributed by atoms with Gasteiger partial charge in [-0.15, -0.1) is 0 Å². The molecule has 5 nitrogen and oxygen atoms in total. The molecule has 0 saturated carbocycles. The Morgan fingerprint density at radius 1 is 1.62 bits per heavy atom. The number of hydrogen-bond acceptors (Lipinski definition) is 5. The number of hydrogen-bond donors (Lipinski definition) is 1. The second-order valence-electron chi connectivity index (χ2n) is 3.47. The van der Waals surface area contributed by atoms with E-state index in [0.29, 0.717) is 9.48 Å². The minimum absolute atomic E-state index is 0.0417. The van der Waals surface area contributed by atoms with E-state index < -0.39 is 16.1 Å². The molecule has 1 rings (SSSR count). The highest BCUT2D eigenvalue weighted by molar-refractivity contribution is 9.11.